The van der Waals surface area contributed by atoms with Gasteiger partial charge < -0.3 is 9.47 Å². The summed E-state index contributed by atoms with van der Waals surface area (Å²) >= 11 is 0. The van der Waals surface area contributed by atoms with Gasteiger partial charge in [0.1, 0.15) is 0 Å². The summed E-state index contributed by atoms with van der Waals surface area (Å²) in [4.78, 5) is 25.1. The molecule has 23 heavy (non-hydrogen) atoms. The van der Waals surface area contributed by atoms with Crippen molar-refractivity contribution in [3.8, 4) is 0 Å². The molecule has 2 unspecified atom stereocenters. The van der Waals surface area contributed by atoms with Crippen LogP contribution < -0.4 is 0 Å². The summed E-state index contributed by atoms with van der Waals surface area (Å²) in [6.07, 6.45) is 7.16. The van der Waals surface area contributed by atoms with Crippen LogP contribution in [0.25, 0.3) is 0 Å². The van der Waals surface area contributed by atoms with E-state index in [-0.39, 0.29) is 29.7 Å². The molecule has 4 heteroatoms. The second-order valence-corrected chi connectivity index (χ2v) is 7.01. The highest BCUT2D eigenvalue weighted by Crippen LogP contribution is 2.37. The Balaban J connectivity index is 2.96. The Labute approximate surface area is 141 Å². The number of carbonyl (C=O) groups excluding carboxylic acids is 2. The number of esters is 2. The minimum Gasteiger partial charge on any atom is -0.466 e. The lowest BCUT2D eigenvalue weighted by Crippen LogP contribution is -2.38. The molecule has 1 saturated carbocycles. The van der Waals surface area contributed by atoms with Gasteiger partial charge in [-0.05, 0) is 44.9 Å². The lowest BCUT2D eigenvalue weighted by Gasteiger charge is -2.33. The molecule has 0 aliphatic heterocycles. The molecule has 1 fully saturated rings. The minimum atomic E-state index is -0.362. The summed E-state index contributed by atoms with van der Waals surface area (Å²) in [5, 5.41) is 0. The van der Waals surface area contributed by atoms with Gasteiger partial charge in [0.25, 0.3) is 0 Å². The highest BCUT2D eigenvalue weighted by atomic mass is 16.5. The van der Waals surface area contributed by atoms with Gasteiger partial charge in [0.15, 0.2) is 0 Å². The molecule has 0 bridgehead atoms. The SMILES string of the molecule is CCOC(=O)C(CCC(C)C)C(C(=O)OCC)C1CCCCC1. The van der Waals surface area contributed by atoms with E-state index in [4.69, 9.17) is 9.47 Å². The molecule has 1 rings (SSSR count). The summed E-state index contributed by atoms with van der Waals surface area (Å²) < 4.78 is 10.6. The third kappa shape index (κ3) is 6.52. The predicted molar refractivity (Wildman–Crippen MR) is 90.9 cm³/mol. The average molecular weight is 326 g/mol. The summed E-state index contributed by atoms with van der Waals surface area (Å²) in [6, 6.07) is 0. The van der Waals surface area contributed by atoms with Crippen LogP contribution in [0.4, 0.5) is 0 Å². The van der Waals surface area contributed by atoms with Crippen molar-refractivity contribution in [3.05, 3.63) is 0 Å². The highest BCUT2D eigenvalue weighted by Gasteiger charge is 2.41. The van der Waals surface area contributed by atoms with Crippen LogP contribution in [-0.2, 0) is 19.1 Å². The fourth-order valence-electron chi connectivity index (χ4n) is 3.62. The zero-order chi connectivity index (χ0) is 17.2. The van der Waals surface area contributed by atoms with Gasteiger partial charge >= 0.3 is 11.9 Å². The molecule has 0 amide bonds. The van der Waals surface area contributed by atoms with Gasteiger partial charge in [0.2, 0.25) is 0 Å². The van der Waals surface area contributed by atoms with Gasteiger partial charge in [-0.1, -0.05) is 39.5 Å². The van der Waals surface area contributed by atoms with Crippen LogP contribution in [0, 0.1) is 23.7 Å². The molecule has 0 spiro atoms. The number of ether oxygens (including phenoxy) is 2. The third-order valence-electron chi connectivity index (χ3n) is 4.79. The Hall–Kier alpha value is -1.06. The van der Waals surface area contributed by atoms with Crippen molar-refractivity contribution in [1.82, 2.24) is 0 Å². The van der Waals surface area contributed by atoms with Crippen molar-refractivity contribution in [2.24, 2.45) is 23.7 Å². The van der Waals surface area contributed by atoms with Crippen LogP contribution in [0.3, 0.4) is 0 Å². The van der Waals surface area contributed by atoms with Gasteiger partial charge in [-0.15, -0.1) is 0 Å². The molecule has 0 saturated heterocycles. The van der Waals surface area contributed by atoms with E-state index in [1.54, 1.807) is 0 Å². The maximum atomic E-state index is 12.6. The quantitative estimate of drug-likeness (QED) is 0.591. The Bertz CT molecular complexity index is 358. The van der Waals surface area contributed by atoms with Crippen molar-refractivity contribution in [3.63, 3.8) is 0 Å². The van der Waals surface area contributed by atoms with Gasteiger partial charge in [-0.2, -0.15) is 0 Å². The summed E-state index contributed by atoms with van der Waals surface area (Å²) in [7, 11) is 0. The third-order valence-corrected chi connectivity index (χ3v) is 4.79. The van der Waals surface area contributed by atoms with E-state index in [1.165, 1.54) is 6.42 Å². The van der Waals surface area contributed by atoms with Crippen molar-refractivity contribution in [1.29, 1.82) is 0 Å². The zero-order valence-electron chi connectivity index (χ0n) is 15.3. The van der Waals surface area contributed by atoms with Crippen LogP contribution in [-0.4, -0.2) is 25.2 Å². The maximum Gasteiger partial charge on any atom is 0.310 e. The Morgan fingerprint density at radius 2 is 1.48 bits per heavy atom. The second kappa shape index (κ2) is 10.7. The molecule has 4 nitrogen and oxygen atoms in total. The van der Waals surface area contributed by atoms with Crippen LogP contribution in [0.5, 0.6) is 0 Å². The number of hydrogen-bond acceptors (Lipinski definition) is 4. The summed E-state index contributed by atoms with van der Waals surface area (Å²) in [6.45, 7) is 8.64. The molecule has 0 N–H and O–H groups in total. The zero-order valence-corrected chi connectivity index (χ0v) is 15.3. The van der Waals surface area contributed by atoms with Gasteiger partial charge in [-0.25, -0.2) is 0 Å². The van der Waals surface area contributed by atoms with E-state index >= 15 is 0 Å². The molecule has 1 aliphatic carbocycles. The number of rotatable bonds is 9. The fourth-order valence-corrected chi connectivity index (χ4v) is 3.62. The first-order valence-corrected chi connectivity index (χ1v) is 9.34. The summed E-state index contributed by atoms with van der Waals surface area (Å²) in [5.74, 6) is -0.379. The maximum absolute atomic E-state index is 12.6. The van der Waals surface area contributed by atoms with E-state index < -0.39 is 0 Å². The Morgan fingerprint density at radius 3 is 2.00 bits per heavy atom. The van der Waals surface area contributed by atoms with E-state index in [0.717, 1.165) is 32.1 Å². The van der Waals surface area contributed by atoms with Crippen LogP contribution in [0.1, 0.15) is 72.6 Å². The lowest BCUT2D eigenvalue weighted by atomic mass is 9.72. The minimum absolute atomic E-state index is 0.207. The molecule has 0 heterocycles. The van der Waals surface area contributed by atoms with E-state index in [9.17, 15) is 9.59 Å². The topological polar surface area (TPSA) is 52.6 Å². The molecule has 1 aliphatic rings. The van der Waals surface area contributed by atoms with E-state index in [2.05, 4.69) is 13.8 Å². The molecule has 134 valence electrons. The molecular weight excluding hydrogens is 292 g/mol. The summed E-state index contributed by atoms with van der Waals surface area (Å²) in [5.41, 5.74) is 0. The number of carbonyl (C=O) groups is 2. The normalized spacial score (nSPS) is 18.5. The van der Waals surface area contributed by atoms with Gasteiger partial charge in [0.05, 0.1) is 25.0 Å². The molecule has 0 radical (unpaired) electrons. The van der Waals surface area contributed by atoms with Crippen LogP contribution in [0.2, 0.25) is 0 Å². The molecule has 0 aromatic carbocycles. The monoisotopic (exact) mass is 326 g/mol. The van der Waals surface area contributed by atoms with Crippen molar-refractivity contribution < 1.29 is 19.1 Å². The van der Waals surface area contributed by atoms with E-state index in [0.29, 0.717) is 25.6 Å². The lowest BCUT2D eigenvalue weighted by molar-refractivity contribution is -0.164. The van der Waals surface area contributed by atoms with Crippen molar-refractivity contribution in [2.75, 3.05) is 13.2 Å². The van der Waals surface area contributed by atoms with Gasteiger partial charge in [0, 0.05) is 0 Å². The first-order chi connectivity index (χ1) is 11.0. The Kier molecular flexibility index (Phi) is 9.27. The first kappa shape index (κ1) is 20.0. The standard InChI is InChI=1S/C19H34O4/c1-5-22-18(20)16(13-12-14(3)4)17(19(21)23-6-2)15-10-8-7-9-11-15/h14-17H,5-13H2,1-4H3. The molecule has 0 aromatic rings. The largest absolute Gasteiger partial charge is 0.466 e. The molecular formula is C19H34O4. The fraction of sp³-hybridized carbons (Fsp3) is 0.895. The molecule has 0 aromatic heterocycles. The number of hydrogen-bond donors (Lipinski definition) is 0. The highest BCUT2D eigenvalue weighted by molar-refractivity contribution is 5.82. The second-order valence-electron chi connectivity index (χ2n) is 7.01. The molecule has 2 atom stereocenters. The smallest absolute Gasteiger partial charge is 0.310 e. The predicted octanol–water partition coefficient (Wildman–Crippen LogP) is 4.36. The van der Waals surface area contributed by atoms with Crippen LogP contribution in [0.15, 0.2) is 0 Å². The van der Waals surface area contributed by atoms with Crippen molar-refractivity contribution in [2.45, 2.75) is 72.6 Å². The van der Waals surface area contributed by atoms with Crippen molar-refractivity contribution >= 4 is 11.9 Å². The first-order valence-electron chi connectivity index (χ1n) is 9.34. The van der Waals surface area contributed by atoms with Gasteiger partial charge in [-0.3, -0.25) is 9.59 Å². The van der Waals surface area contributed by atoms with Crippen LogP contribution >= 0.6 is 0 Å². The average Bonchev–Trinajstić information content (AvgIpc) is 2.52. The van der Waals surface area contributed by atoms with E-state index in [1.807, 2.05) is 13.8 Å². The Morgan fingerprint density at radius 1 is 0.913 bits per heavy atom.